The van der Waals surface area contributed by atoms with E-state index in [0.29, 0.717) is 21.0 Å². The number of halogens is 3. The van der Waals surface area contributed by atoms with Crippen LogP contribution in [0.3, 0.4) is 0 Å². The van der Waals surface area contributed by atoms with Gasteiger partial charge in [0.2, 0.25) is 5.91 Å². The Balaban J connectivity index is 1.63. The van der Waals surface area contributed by atoms with Crippen LogP contribution in [0, 0.1) is 12.8 Å². The number of carbonyl (C=O) groups excluding carboxylic acids is 2. The standard InChI is InChI=1S/C18H17F3N2O2S/c1-10-7-14(23-16(24)12-5-6-12)26-15(10)17(25)22-9-11-3-2-4-13(8-11)18(19,20)21/h2-4,7-8,12H,5-6,9H2,1H3,(H,22,25)(H,23,24). The van der Waals surface area contributed by atoms with Gasteiger partial charge in [-0.25, -0.2) is 0 Å². The number of hydrogen-bond donors (Lipinski definition) is 2. The van der Waals surface area contributed by atoms with Crippen LogP contribution in [-0.2, 0) is 17.5 Å². The van der Waals surface area contributed by atoms with Crippen molar-refractivity contribution in [2.75, 3.05) is 5.32 Å². The van der Waals surface area contributed by atoms with Crippen LogP contribution in [-0.4, -0.2) is 11.8 Å². The molecular formula is C18H17F3N2O2S. The van der Waals surface area contributed by atoms with Gasteiger partial charge in [-0.2, -0.15) is 13.2 Å². The molecule has 2 N–H and O–H groups in total. The van der Waals surface area contributed by atoms with E-state index in [1.54, 1.807) is 13.0 Å². The molecule has 0 spiro atoms. The van der Waals surface area contributed by atoms with Gasteiger partial charge in [-0.3, -0.25) is 9.59 Å². The van der Waals surface area contributed by atoms with E-state index < -0.39 is 11.7 Å². The maximum atomic E-state index is 12.7. The average Bonchev–Trinajstić information content (AvgIpc) is 3.36. The van der Waals surface area contributed by atoms with Crippen LogP contribution in [0.5, 0.6) is 0 Å². The summed E-state index contributed by atoms with van der Waals surface area (Å²) in [7, 11) is 0. The summed E-state index contributed by atoms with van der Waals surface area (Å²) in [6, 6.07) is 6.57. The molecule has 1 saturated carbocycles. The maximum Gasteiger partial charge on any atom is 0.416 e. The van der Waals surface area contributed by atoms with Crippen molar-refractivity contribution < 1.29 is 22.8 Å². The van der Waals surface area contributed by atoms with Gasteiger partial charge in [-0.05, 0) is 49.1 Å². The summed E-state index contributed by atoms with van der Waals surface area (Å²) in [4.78, 5) is 24.6. The maximum absolute atomic E-state index is 12.7. The van der Waals surface area contributed by atoms with E-state index >= 15 is 0 Å². The van der Waals surface area contributed by atoms with Gasteiger partial charge >= 0.3 is 6.18 Å². The highest BCUT2D eigenvalue weighted by atomic mass is 32.1. The molecule has 1 aromatic carbocycles. The molecule has 1 fully saturated rings. The number of alkyl halides is 3. The molecule has 26 heavy (non-hydrogen) atoms. The van der Waals surface area contributed by atoms with E-state index in [-0.39, 0.29) is 24.3 Å². The second kappa shape index (κ2) is 7.11. The highest BCUT2D eigenvalue weighted by molar-refractivity contribution is 7.18. The van der Waals surface area contributed by atoms with Crippen LogP contribution in [0.4, 0.5) is 18.2 Å². The third-order valence-corrected chi connectivity index (χ3v) is 5.18. The quantitative estimate of drug-likeness (QED) is 0.808. The molecule has 1 aliphatic rings. The number of hydrogen-bond acceptors (Lipinski definition) is 3. The monoisotopic (exact) mass is 382 g/mol. The average molecular weight is 382 g/mol. The summed E-state index contributed by atoms with van der Waals surface area (Å²) in [5, 5.41) is 6.02. The first kappa shape index (κ1) is 18.4. The summed E-state index contributed by atoms with van der Waals surface area (Å²) in [5.74, 6) is -0.352. The molecule has 1 aromatic heterocycles. The second-order valence-corrected chi connectivity index (χ2v) is 7.32. The lowest BCUT2D eigenvalue weighted by atomic mass is 10.1. The number of carbonyl (C=O) groups is 2. The highest BCUT2D eigenvalue weighted by Gasteiger charge is 2.31. The second-order valence-electron chi connectivity index (χ2n) is 6.27. The van der Waals surface area contributed by atoms with Gasteiger partial charge in [0.05, 0.1) is 15.4 Å². The van der Waals surface area contributed by atoms with Crippen molar-refractivity contribution in [3.8, 4) is 0 Å². The lowest BCUT2D eigenvalue weighted by Gasteiger charge is -2.09. The minimum absolute atomic E-state index is 0.0101. The minimum Gasteiger partial charge on any atom is -0.347 e. The summed E-state index contributed by atoms with van der Waals surface area (Å²) < 4.78 is 38.2. The van der Waals surface area contributed by atoms with Crippen LogP contribution in [0.15, 0.2) is 30.3 Å². The number of thiophene rings is 1. The van der Waals surface area contributed by atoms with Gasteiger partial charge in [0.1, 0.15) is 0 Å². The van der Waals surface area contributed by atoms with Crippen LogP contribution in [0.1, 0.15) is 39.2 Å². The van der Waals surface area contributed by atoms with E-state index in [4.69, 9.17) is 0 Å². The molecule has 2 aromatic rings. The van der Waals surface area contributed by atoms with Gasteiger partial charge < -0.3 is 10.6 Å². The molecule has 138 valence electrons. The Bertz CT molecular complexity index is 841. The smallest absolute Gasteiger partial charge is 0.347 e. The molecule has 0 radical (unpaired) electrons. The number of benzene rings is 1. The zero-order valence-electron chi connectivity index (χ0n) is 13.9. The largest absolute Gasteiger partial charge is 0.416 e. The van der Waals surface area contributed by atoms with Crippen molar-refractivity contribution in [3.05, 3.63) is 51.9 Å². The molecule has 3 rings (SSSR count). The molecule has 0 atom stereocenters. The highest BCUT2D eigenvalue weighted by Crippen LogP contribution is 2.33. The third kappa shape index (κ3) is 4.43. The van der Waals surface area contributed by atoms with Crippen molar-refractivity contribution in [1.29, 1.82) is 0 Å². The molecule has 1 heterocycles. The molecule has 0 aliphatic heterocycles. The first-order chi connectivity index (χ1) is 12.2. The Morgan fingerprint density at radius 1 is 1.23 bits per heavy atom. The van der Waals surface area contributed by atoms with Crippen LogP contribution in [0.2, 0.25) is 0 Å². The van der Waals surface area contributed by atoms with Crippen LogP contribution < -0.4 is 10.6 Å². The number of anilines is 1. The predicted molar refractivity (Wildman–Crippen MR) is 93.0 cm³/mol. The minimum atomic E-state index is -4.42. The van der Waals surface area contributed by atoms with Gasteiger partial charge in [-0.1, -0.05) is 12.1 Å². The van der Waals surface area contributed by atoms with Crippen molar-refractivity contribution in [2.24, 2.45) is 5.92 Å². The van der Waals surface area contributed by atoms with E-state index in [9.17, 15) is 22.8 Å². The van der Waals surface area contributed by atoms with Gasteiger partial charge in [-0.15, -0.1) is 11.3 Å². The first-order valence-electron chi connectivity index (χ1n) is 8.09. The molecule has 0 bridgehead atoms. The molecule has 0 unspecified atom stereocenters. The Kier molecular flexibility index (Phi) is 5.04. The Hall–Kier alpha value is -2.35. The van der Waals surface area contributed by atoms with Crippen molar-refractivity contribution in [1.82, 2.24) is 5.32 Å². The lowest BCUT2D eigenvalue weighted by molar-refractivity contribution is -0.137. The molecule has 4 nitrogen and oxygen atoms in total. The molecule has 2 amide bonds. The fourth-order valence-electron chi connectivity index (χ4n) is 2.46. The third-order valence-electron chi connectivity index (χ3n) is 4.03. The number of nitrogens with one attached hydrogen (secondary N) is 2. The topological polar surface area (TPSA) is 58.2 Å². The van der Waals surface area contributed by atoms with Crippen molar-refractivity contribution >= 4 is 28.2 Å². The molecular weight excluding hydrogens is 365 g/mol. The predicted octanol–water partition coefficient (Wildman–Crippen LogP) is 4.35. The molecule has 8 heteroatoms. The van der Waals surface area contributed by atoms with Gasteiger partial charge in [0.25, 0.3) is 5.91 Å². The number of rotatable bonds is 5. The summed E-state index contributed by atoms with van der Waals surface area (Å²) in [6.45, 7) is 1.74. The van der Waals surface area contributed by atoms with Gasteiger partial charge in [0, 0.05) is 12.5 Å². The first-order valence-corrected chi connectivity index (χ1v) is 8.91. The van der Waals surface area contributed by atoms with Crippen molar-refractivity contribution in [3.63, 3.8) is 0 Å². The fraction of sp³-hybridized carbons (Fsp3) is 0.333. The van der Waals surface area contributed by atoms with Crippen LogP contribution >= 0.6 is 11.3 Å². The lowest BCUT2D eigenvalue weighted by Crippen LogP contribution is -2.22. The number of amides is 2. The normalized spacial score (nSPS) is 14.2. The van der Waals surface area contributed by atoms with Crippen molar-refractivity contribution in [2.45, 2.75) is 32.5 Å². The SMILES string of the molecule is Cc1cc(NC(=O)C2CC2)sc1C(=O)NCc1cccc(C(F)(F)F)c1. The molecule has 1 aliphatic carbocycles. The summed E-state index contributed by atoms with van der Waals surface area (Å²) in [5.41, 5.74) is 0.328. The Morgan fingerprint density at radius 2 is 1.96 bits per heavy atom. The zero-order valence-corrected chi connectivity index (χ0v) is 14.8. The van der Waals surface area contributed by atoms with Gasteiger partial charge in [0.15, 0.2) is 0 Å². The number of aryl methyl sites for hydroxylation is 1. The Labute approximate surface area is 152 Å². The van der Waals surface area contributed by atoms with E-state index in [0.717, 1.165) is 36.3 Å². The Morgan fingerprint density at radius 3 is 2.62 bits per heavy atom. The summed E-state index contributed by atoms with van der Waals surface area (Å²) >= 11 is 1.16. The van der Waals surface area contributed by atoms with E-state index in [2.05, 4.69) is 10.6 Å². The zero-order chi connectivity index (χ0) is 18.9. The van der Waals surface area contributed by atoms with E-state index in [1.165, 1.54) is 12.1 Å². The fourth-order valence-corrected chi connectivity index (χ4v) is 3.45. The summed E-state index contributed by atoms with van der Waals surface area (Å²) in [6.07, 6.45) is -2.64. The van der Waals surface area contributed by atoms with Crippen LogP contribution in [0.25, 0.3) is 0 Å². The van der Waals surface area contributed by atoms with E-state index in [1.807, 2.05) is 0 Å². The molecule has 0 saturated heterocycles.